The van der Waals surface area contributed by atoms with Crippen LogP contribution in [0.1, 0.15) is 5.69 Å². The Bertz CT molecular complexity index is 862. The third-order valence-electron chi connectivity index (χ3n) is 3.45. The van der Waals surface area contributed by atoms with Crippen LogP contribution in [0.2, 0.25) is 0 Å². The van der Waals surface area contributed by atoms with Crippen molar-refractivity contribution in [3.63, 3.8) is 0 Å². The number of anilines is 2. The smallest absolute Gasteiger partial charge is 0.311 e. The highest BCUT2D eigenvalue weighted by molar-refractivity contribution is 5.93. The zero-order valence-electron chi connectivity index (χ0n) is 12.6. The van der Waals surface area contributed by atoms with E-state index in [4.69, 9.17) is 4.74 Å². The maximum atomic E-state index is 11.5. The molecule has 5 heteroatoms. The summed E-state index contributed by atoms with van der Waals surface area (Å²) in [4.78, 5) is 16.0. The number of carbonyl (C=O) groups is 1. The van der Waals surface area contributed by atoms with E-state index in [1.807, 2.05) is 36.4 Å². The minimum Gasteiger partial charge on any atom is -0.508 e. The van der Waals surface area contributed by atoms with E-state index in [1.165, 1.54) is 7.11 Å². The van der Waals surface area contributed by atoms with Gasteiger partial charge in [-0.25, -0.2) is 0 Å². The van der Waals surface area contributed by atoms with Gasteiger partial charge in [0.25, 0.3) is 0 Å². The molecule has 0 atom stereocenters. The van der Waals surface area contributed by atoms with E-state index in [9.17, 15) is 9.90 Å². The number of carbonyl (C=O) groups excluding carboxylic acids is 1. The van der Waals surface area contributed by atoms with Crippen molar-refractivity contribution in [2.45, 2.75) is 6.42 Å². The van der Waals surface area contributed by atoms with E-state index in [1.54, 1.807) is 18.2 Å². The second-order valence-corrected chi connectivity index (χ2v) is 5.11. The van der Waals surface area contributed by atoms with E-state index < -0.39 is 0 Å². The van der Waals surface area contributed by atoms with E-state index in [0.717, 1.165) is 22.3 Å². The van der Waals surface area contributed by atoms with Crippen molar-refractivity contribution in [3.05, 3.63) is 60.3 Å². The minimum atomic E-state index is -0.337. The number of ether oxygens (including phenoxy) is 1. The van der Waals surface area contributed by atoms with Gasteiger partial charge in [0.15, 0.2) is 0 Å². The van der Waals surface area contributed by atoms with Gasteiger partial charge in [-0.1, -0.05) is 24.3 Å². The summed E-state index contributed by atoms with van der Waals surface area (Å²) in [6.07, 6.45) is 0.107. The Morgan fingerprint density at radius 2 is 2.00 bits per heavy atom. The van der Waals surface area contributed by atoms with Crippen LogP contribution in [0, 0.1) is 0 Å². The number of fused-ring (bicyclic) bond motifs is 1. The predicted molar refractivity (Wildman–Crippen MR) is 88.9 cm³/mol. The van der Waals surface area contributed by atoms with Gasteiger partial charge in [0.05, 0.1) is 24.7 Å². The Hall–Kier alpha value is -3.08. The molecule has 1 aromatic heterocycles. The number of phenols is 1. The van der Waals surface area contributed by atoms with Gasteiger partial charge in [0.2, 0.25) is 0 Å². The fraction of sp³-hybridized carbons (Fsp3) is 0.111. The van der Waals surface area contributed by atoms with Crippen LogP contribution >= 0.6 is 0 Å². The summed E-state index contributed by atoms with van der Waals surface area (Å²) < 4.78 is 4.71. The van der Waals surface area contributed by atoms with Gasteiger partial charge in [-0.2, -0.15) is 0 Å². The Balaban J connectivity index is 2.04. The molecule has 5 nitrogen and oxygen atoms in total. The molecule has 0 radical (unpaired) electrons. The number of hydrogen-bond donors (Lipinski definition) is 2. The van der Waals surface area contributed by atoms with Crippen molar-refractivity contribution in [1.29, 1.82) is 0 Å². The first-order valence-corrected chi connectivity index (χ1v) is 7.17. The number of para-hydroxylation sites is 1. The number of nitrogens with one attached hydrogen (secondary N) is 1. The molecular formula is C18H16N2O3. The molecule has 0 aliphatic carbocycles. The zero-order valence-corrected chi connectivity index (χ0v) is 12.6. The first kappa shape index (κ1) is 14.8. The van der Waals surface area contributed by atoms with E-state index in [2.05, 4.69) is 10.3 Å². The first-order valence-electron chi connectivity index (χ1n) is 7.17. The molecule has 2 N–H and O–H groups in total. The van der Waals surface area contributed by atoms with Crippen LogP contribution in [-0.2, 0) is 16.0 Å². The summed E-state index contributed by atoms with van der Waals surface area (Å²) in [7, 11) is 1.36. The summed E-state index contributed by atoms with van der Waals surface area (Å²) in [6, 6.07) is 16.4. The van der Waals surface area contributed by atoms with Gasteiger partial charge < -0.3 is 15.2 Å². The number of benzene rings is 2. The number of hydrogen-bond acceptors (Lipinski definition) is 5. The van der Waals surface area contributed by atoms with E-state index in [0.29, 0.717) is 5.69 Å². The molecule has 0 aliphatic rings. The molecule has 0 spiro atoms. The number of methoxy groups -OCH3 is 1. The molecule has 0 bridgehead atoms. The average Bonchev–Trinajstić information content (AvgIpc) is 2.55. The normalized spacial score (nSPS) is 10.5. The Morgan fingerprint density at radius 1 is 1.17 bits per heavy atom. The SMILES string of the molecule is COC(=O)Cc1cc(Nc2cccc(O)c2)c2ccccc2n1. The second-order valence-electron chi connectivity index (χ2n) is 5.11. The highest BCUT2D eigenvalue weighted by atomic mass is 16.5. The molecule has 116 valence electrons. The summed E-state index contributed by atoms with van der Waals surface area (Å²) in [5.74, 6) is -0.153. The molecular weight excluding hydrogens is 292 g/mol. The standard InChI is InChI=1S/C18H16N2O3/c1-23-18(22)11-13-10-17(15-7-2-3-8-16(15)20-13)19-12-5-4-6-14(21)9-12/h2-10,21H,11H2,1H3,(H,19,20). The molecule has 3 aromatic rings. The van der Waals surface area contributed by atoms with Gasteiger partial charge in [-0.3, -0.25) is 9.78 Å². The largest absolute Gasteiger partial charge is 0.508 e. The Morgan fingerprint density at radius 3 is 2.78 bits per heavy atom. The van der Waals surface area contributed by atoms with Crippen LogP contribution in [0.5, 0.6) is 5.75 Å². The second kappa shape index (κ2) is 6.36. The fourth-order valence-electron chi connectivity index (χ4n) is 2.38. The van der Waals surface area contributed by atoms with Crippen molar-refractivity contribution >= 4 is 28.2 Å². The lowest BCUT2D eigenvalue weighted by Crippen LogP contribution is -2.07. The number of pyridine rings is 1. The van der Waals surface area contributed by atoms with Gasteiger partial charge in [0, 0.05) is 22.8 Å². The summed E-state index contributed by atoms with van der Waals surface area (Å²) in [5.41, 5.74) is 2.99. The van der Waals surface area contributed by atoms with Crippen molar-refractivity contribution in [1.82, 2.24) is 4.98 Å². The van der Waals surface area contributed by atoms with Gasteiger partial charge >= 0.3 is 5.97 Å². The van der Waals surface area contributed by atoms with Gasteiger partial charge in [0.1, 0.15) is 5.75 Å². The molecule has 1 heterocycles. The molecule has 0 saturated carbocycles. The highest BCUT2D eigenvalue weighted by Crippen LogP contribution is 2.28. The third kappa shape index (κ3) is 3.40. The molecule has 0 saturated heterocycles. The molecule has 0 aliphatic heterocycles. The minimum absolute atomic E-state index is 0.107. The number of rotatable bonds is 4. The van der Waals surface area contributed by atoms with Crippen molar-refractivity contribution in [2.24, 2.45) is 0 Å². The highest BCUT2D eigenvalue weighted by Gasteiger charge is 2.10. The van der Waals surface area contributed by atoms with Crippen LogP contribution < -0.4 is 5.32 Å². The average molecular weight is 308 g/mol. The predicted octanol–water partition coefficient (Wildman–Crippen LogP) is 3.40. The quantitative estimate of drug-likeness (QED) is 0.723. The number of phenolic OH excluding ortho intramolecular Hbond substituents is 1. The lowest BCUT2D eigenvalue weighted by molar-refractivity contribution is -0.139. The lowest BCUT2D eigenvalue weighted by Gasteiger charge is -2.12. The van der Waals surface area contributed by atoms with Crippen LogP contribution in [0.25, 0.3) is 10.9 Å². The topological polar surface area (TPSA) is 71.5 Å². The maximum Gasteiger partial charge on any atom is 0.311 e. The zero-order chi connectivity index (χ0) is 16.2. The van der Waals surface area contributed by atoms with Crippen LogP contribution in [0.15, 0.2) is 54.6 Å². The summed E-state index contributed by atoms with van der Waals surface area (Å²) >= 11 is 0. The third-order valence-corrected chi connectivity index (χ3v) is 3.45. The molecule has 0 fully saturated rings. The Kier molecular flexibility index (Phi) is 4.10. The van der Waals surface area contributed by atoms with E-state index in [-0.39, 0.29) is 18.1 Å². The number of nitrogens with zero attached hydrogens (tertiary/aromatic N) is 1. The van der Waals surface area contributed by atoms with Crippen LogP contribution in [0.4, 0.5) is 11.4 Å². The van der Waals surface area contributed by atoms with Crippen molar-refractivity contribution < 1.29 is 14.6 Å². The lowest BCUT2D eigenvalue weighted by atomic mass is 10.1. The molecule has 23 heavy (non-hydrogen) atoms. The molecule has 3 rings (SSSR count). The molecule has 0 unspecified atom stereocenters. The summed E-state index contributed by atoms with van der Waals surface area (Å²) in [5, 5.41) is 13.8. The molecule has 2 aromatic carbocycles. The van der Waals surface area contributed by atoms with Crippen molar-refractivity contribution in [2.75, 3.05) is 12.4 Å². The number of esters is 1. The fourth-order valence-corrected chi connectivity index (χ4v) is 2.38. The van der Waals surface area contributed by atoms with Gasteiger partial charge in [-0.05, 0) is 24.3 Å². The van der Waals surface area contributed by atoms with Gasteiger partial charge in [-0.15, -0.1) is 0 Å². The van der Waals surface area contributed by atoms with Crippen molar-refractivity contribution in [3.8, 4) is 5.75 Å². The van der Waals surface area contributed by atoms with Crippen LogP contribution in [0.3, 0.4) is 0 Å². The first-order chi connectivity index (χ1) is 11.2. The van der Waals surface area contributed by atoms with E-state index >= 15 is 0 Å². The van der Waals surface area contributed by atoms with Crippen LogP contribution in [-0.4, -0.2) is 23.2 Å². The molecule has 0 amide bonds. The number of aromatic nitrogens is 1. The maximum absolute atomic E-state index is 11.5. The summed E-state index contributed by atoms with van der Waals surface area (Å²) in [6.45, 7) is 0. The Labute approximate surface area is 133 Å². The monoisotopic (exact) mass is 308 g/mol. The number of aromatic hydroxyl groups is 1.